The van der Waals surface area contributed by atoms with Crippen LogP contribution in [-0.2, 0) is 4.79 Å². The number of hydrogen-bond donors (Lipinski definition) is 2. The maximum atomic E-state index is 12.1. The molecule has 2 fully saturated rings. The molecule has 2 atom stereocenters. The van der Waals surface area contributed by atoms with Crippen molar-refractivity contribution in [3.8, 4) is 0 Å². The lowest BCUT2D eigenvalue weighted by atomic mass is 9.84. The largest absolute Gasteiger partial charge is 0.481 e. The highest BCUT2D eigenvalue weighted by molar-refractivity contribution is 5.76. The van der Waals surface area contributed by atoms with E-state index in [1.807, 2.05) is 0 Å². The van der Waals surface area contributed by atoms with E-state index in [1.165, 1.54) is 19.3 Å². The molecule has 0 heterocycles. The van der Waals surface area contributed by atoms with Crippen molar-refractivity contribution >= 4 is 12.0 Å². The van der Waals surface area contributed by atoms with Crippen molar-refractivity contribution in [3.05, 3.63) is 0 Å². The third-order valence-electron chi connectivity index (χ3n) is 4.50. The summed E-state index contributed by atoms with van der Waals surface area (Å²) in [5, 5.41) is 12.1. The van der Waals surface area contributed by atoms with E-state index in [-0.39, 0.29) is 12.1 Å². The fraction of sp³-hybridized carbons (Fsp3) is 0.857. The lowest BCUT2D eigenvalue weighted by Crippen LogP contribution is -2.50. The van der Waals surface area contributed by atoms with Gasteiger partial charge in [0.2, 0.25) is 0 Å². The zero-order chi connectivity index (χ0) is 13.8. The second-order valence-electron chi connectivity index (χ2n) is 5.96. The molecule has 108 valence electrons. The highest BCUT2D eigenvalue weighted by Gasteiger charge is 2.32. The van der Waals surface area contributed by atoms with Crippen LogP contribution in [0.1, 0.15) is 44.9 Å². The smallest absolute Gasteiger partial charge is 0.317 e. The molecular weight excluding hydrogens is 244 g/mol. The molecule has 0 aromatic carbocycles. The van der Waals surface area contributed by atoms with Gasteiger partial charge < -0.3 is 15.3 Å². The van der Waals surface area contributed by atoms with Crippen molar-refractivity contribution in [2.75, 3.05) is 13.6 Å². The van der Waals surface area contributed by atoms with Crippen molar-refractivity contribution in [1.82, 2.24) is 10.2 Å². The van der Waals surface area contributed by atoms with Gasteiger partial charge >= 0.3 is 12.0 Å². The predicted molar refractivity (Wildman–Crippen MR) is 71.9 cm³/mol. The topological polar surface area (TPSA) is 69.6 Å². The first kappa shape index (κ1) is 14.2. The SMILES string of the molecule is CN(CC1CCC1)C(=O)NC1CCCCC1C(=O)O. The Kier molecular flexibility index (Phi) is 4.66. The van der Waals surface area contributed by atoms with Gasteiger partial charge in [-0.15, -0.1) is 0 Å². The number of urea groups is 1. The van der Waals surface area contributed by atoms with Crippen LogP contribution in [0.5, 0.6) is 0 Å². The normalized spacial score (nSPS) is 27.4. The first-order valence-corrected chi connectivity index (χ1v) is 7.32. The number of aliphatic carboxylic acids is 1. The molecular formula is C14H24N2O3. The Balaban J connectivity index is 1.83. The molecule has 2 rings (SSSR count). The van der Waals surface area contributed by atoms with Gasteiger partial charge in [0.15, 0.2) is 0 Å². The van der Waals surface area contributed by atoms with Gasteiger partial charge in [0.1, 0.15) is 0 Å². The Morgan fingerprint density at radius 2 is 1.84 bits per heavy atom. The standard InChI is InChI=1S/C14H24N2O3/c1-16(9-10-5-4-6-10)14(19)15-12-8-3-2-7-11(12)13(17)18/h10-12H,2-9H2,1H3,(H,15,19)(H,17,18). The summed E-state index contributed by atoms with van der Waals surface area (Å²) in [6.45, 7) is 0.788. The van der Waals surface area contributed by atoms with Crippen LogP contribution in [0.3, 0.4) is 0 Å². The Labute approximate surface area is 114 Å². The molecule has 19 heavy (non-hydrogen) atoms. The van der Waals surface area contributed by atoms with Gasteiger partial charge in [0.25, 0.3) is 0 Å². The monoisotopic (exact) mass is 268 g/mol. The fourth-order valence-electron chi connectivity index (χ4n) is 3.01. The van der Waals surface area contributed by atoms with E-state index in [9.17, 15) is 14.7 Å². The number of nitrogens with zero attached hydrogens (tertiary/aromatic N) is 1. The summed E-state index contributed by atoms with van der Waals surface area (Å²) in [5.41, 5.74) is 0. The lowest BCUT2D eigenvalue weighted by molar-refractivity contribution is -0.143. The molecule has 2 unspecified atom stereocenters. The van der Waals surface area contributed by atoms with Crippen molar-refractivity contribution in [2.45, 2.75) is 51.0 Å². The highest BCUT2D eigenvalue weighted by Crippen LogP contribution is 2.27. The average molecular weight is 268 g/mol. The maximum absolute atomic E-state index is 12.1. The van der Waals surface area contributed by atoms with Crippen LogP contribution in [0.15, 0.2) is 0 Å². The third-order valence-corrected chi connectivity index (χ3v) is 4.50. The first-order valence-electron chi connectivity index (χ1n) is 7.32. The van der Waals surface area contributed by atoms with Crippen molar-refractivity contribution in [2.24, 2.45) is 11.8 Å². The first-order chi connectivity index (χ1) is 9.08. The minimum Gasteiger partial charge on any atom is -0.481 e. The zero-order valence-electron chi connectivity index (χ0n) is 11.6. The van der Waals surface area contributed by atoms with Gasteiger partial charge in [-0.25, -0.2) is 4.79 Å². The van der Waals surface area contributed by atoms with Gasteiger partial charge in [-0.05, 0) is 31.6 Å². The molecule has 0 spiro atoms. The molecule has 0 aliphatic heterocycles. The number of nitrogens with one attached hydrogen (secondary N) is 1. The zero-order valence-corrected chi connectivity index (χ0v) is 11.6. The predicted octanol–water partition coefficient (Wildman–Crippen LogP) is 2.07. The molecule has 2 amide bonds. The van der Waals surface area contributed by atoms with E-state index in [2.05, 4.69) is 5.32 Å². The van der Waals surface area contributed by atoms with E-state index < -0.39 is 11.9 Å². The summed E-state index contributed by atoms with van der Waals surface area (Å²) in [6.07, 6.45) is 7.08. The van der Waals surface area contributed by atoms with Crippen LogP contribution in [0, 0.1) is 11.8 Å². The minimum absolute atomic E-state index is 0.120. The molecule has 0 aromatic rings. The van der Waals surface area contributed by atoms with Crippen LogP contribution in [0.2, 0.25) is 0 Å². The number of carboxylic acid groups (broad SMARTS) is 1. The van der Waals surface area contributed by atoms with Crippen LogP contribution in [0.4, 0.5) is 4.79 Å². The Bertz CT molecular complexity index is 342. The van der Waals surface area contributed by atoms with E-state index in [0.29, 0.717) is 12.3 Å². The lowest BCUT2D eigenvalue weighted by Gasteiger charge is -2.33. The fourth-order valence-corrected chi connectivity index (χ4v) is 3.01. The van der Waals surface area contributed by atoms with E-state index >= 15 is 0 Å². The molecule has 2 N–H and O–H groups in total. The Morgan fingerprint density at radius 1 is 1.16 bits per heavy atom. The molecule has 2 aliphatic rings. The number of hydrogen-bond acceptors (Lipinski definition) is 2. The molecule has 2 saturated carbocycles. The summed E-state index contributed by atoms with van der Waals surface area (Å²) in [6, 6.07) is -0.326. The number of rotatable bonds is 4. The summed E-state index contributed by atoms with van der Waals surface area (Å²) >= 11 is 0. The second-order valence-corrected chi connectivity index (χ2v) is 5.96. The van der Waals surface area contributed by atoms with Crippen LogP contribution in [-0.4, -0.2) is 41.6 Å². The van der Waals surface area contributed by atoms with E-state index in [4.69, 9.17) is 0 Å². The van der Waals surface area contributed by atoms with E-state index in [1.54, 1.807) is 11.9 Å². The Hall–Kier alpha value is -1.26. The number of amides is 2. The third kappa shape index (κ3) is 3.61. The van der Waals surface area contributed by atoms with E-state index in [0.717, 1.165) is 25.8 Å². The highest BCUT2D eigenvalue weighted by atomic mass is 16.4. The van der Waals surface area contributed by atoms with Crippen molar-refractivity contribution < 1.29 is 14.7 Å². The van der Waals surface area contributed by atoms with Crippen LogP contribution >= 0.6 is 0 Å². The average Bonchev–Trinajstić information content (AvgIpc) is 2.33. The van der Waals surface area contributed by atoms with Gasteiger partial charge in [0, 0.05) is 19.6 Å². The Morgan fingerprint density at radius 3 is 2.42 bits per heavy atom. The summed E-state index contributed by atoms with van der Waals surface area (Å²) in [4.78, 5) is 25.0. The quantitative estimate of drug-likeness (QED) is 0.820. The summed E-state index contributed by atoms with van der Waals surface area (Å²) in [5.74, 6) is -0.571. The maximum Gasteiger partial charge on any atom is 0.317 e. The molecule has 0 aromatic heterocycles. The van der Waals surface area contributed by atoms with Crippen molar-refractivity contribution in [1.29, 1.82) is 0 Å². The van der Waals surface area contributed by atoms with Gasteiger partial charge in [-0.2, -0.15) is 0 Å². The molecule has 0 saturated heterocycles. The second kappa shape index (κ2) is 6.26. The van der Waals surface area contributed by atoms with Crippen LogP contribution in [0.25, 0.3) is 0 Å². The number of carbonyl (C=O) groups excluding carboxylic acids is 1. The van der Waals surface area contributed by atoms with Crippen molar-refractivity contribution in [3.63, 3.8) is 0 Å². The van der Waals surface area contributed by atoms with Gasteiger partial charge in [-0.3, -0.25) is 4.79 Å². The molecule has 5 nitrogen and oxygen atoms in total. The summed E-state index contributed by atoms with van der Waals surface area (Å²) in [7, 11) is 1.80. The van der Waals surface area contributed by atoms with Gasteiger partial charge in [0.05, 0.1) is 5.92 Å². The molecule has 0 bridgehead atoms. The van der Waals surface area contributed by atoms with Crippen LogP contribution < -0.4 is 5.32 Å². The van der Waals surface area contributed by atoms with Gasteiger partial charge in [-0.1, -0.05) is 19.3 Å². The molecule has 2 aliphatic carbocycles. The minimum atomic E-state index is -0.786. The molecule has 0 radical (unpaired) electrons. The number of carbonyl (C=O) groups is 2. The molecule has 5 heteroatoms. The summed E-state index contributed by atoms with van der Waals surface area (Å²) < 4.78 is 0. The number of carboxylic acids is 1.